The average molecular weight is 199 g/mol. The van der Waals surface area contributed by atoms with E-state index in [0.717, 1.165) is 18.4 Å². The molecular formula is C13H29N. The standard InChI is InChI=1S/C13H29N/c1-6-9-11(4)10-13(7-2)12(5)14-8-3/h11-14H,6-10H2,1-5H3. The van der Waals surface area contributed by atoms with Crippen LogP contribution in [0.15, 0.2) is 0 Å². The van der Waals surface area contributed by atoms with E-state index in [1.807, 2.05) is 0 Å². The minimum Gasteiger partial charge on any atom is -0.314 e. The van der Waals surface area contributed by atoms with E-state index in [-0.39, 0.29) is 0 Å². The lowest BCUT2D eigenvalue weighted by Crippen LogP contribution is -2.33. The molecule has 0 aromatic heterocycles. The summed E-state index contributed by atoms with van der Waals surface area (Å²) in [6.45, 7) is 12.6. The molecule has 86 valence electrons. The van der Waals surface area contributed by atoms with Crippen molar-refractivity contribution in [2.45, 2.75) is 66.3 Å². The van der Waals surface area contributed by atoms with Crippen LogP contribution in [0.25, 0.3) is 0 Å². The van der Waals surface area contributed by atoms with Gasteiger partial charge in [0.25, 0.3) is 0 Å². The Labute approximate surface area is 90.7 Å². The van der Waals surface area contributed by atoms with E-state index < -0.39 is 0 Å². The van der Waals surface area contributed by atoms with Gasteiger partial charge in [0.2, 0.25) is 0 Å². The third kappa shape index (κ3) is 5.64. The third-order valence-corrected chi connectivity index (χ3v) is 3.24. The number of hydrogen-bond acceptors (Lipinski definition) is 1. The van der Waals surface area contributed by atoms with Crippen molar-refractivity contribution in [1.82, 2.24) is 5.32 Å². The fourth-order valence-electron chi connectivity index (χ4n) is 2.34. The van der Waals surface area contributed by atoms with Gasteiger partial charge >= 0.3 is 0 Å². The van der Waals surface area contributed by atoms with Gasteiger partial charge in [-0.3, -0.25) is 0 Å². The van der Waals surface area contributed by atoms with Crippen LogP contribution in [-0.2, 0) is 0 Å². The van der Waals surface area contributed by atoms with E-state index in [1.54, 1.807) is 0 Å². The van der Waals surface area contributed by atoms with E-state index in [9.17, 15) is 0 Å². The van der Waals surface area contributed by atoms with Gasteiger partial charge in [-0.2, -0.15) is 0 Å². The Morgan fingerprint density at radius 1 is 1.07 bits per heavy atom. The molecule has 14 heavy (non-hydrogen) atoms. The Balaban J connectivity index is 3.87. The lowest BCUT2D eigenvalue weighted by molar-refractivity contribution is 0.294. The summed E-state index contributed by atoms with van der Waals surface area (Å²) in [4.78, 5) is 0. The fraction of sp³-hybridized carbons (Fsp3) is 1.00. The Hall–Kier alpha value is -0.0400. The second-order valence-electron chi connectivity index (χ2n) is 4.64. The Morgan fingerprint density at radius 2 is 1.71 bits per heavy atom. The number of hydrogen-bond donors (Lipinski definition) is 1. The highest BCUT2D eigenvalue weighted by molar-refractivity contribution is 4.72. The van der Waals surface area contributed by atoms with Crippen LogP contribution in [0.2, 0.25) is 0 Å². The number of nitrogens with one attached hydrogen (secondary N) is 1. The van der Waals surface area contributed by atoms with Gasteiger partial charge in [-0.15, -0.1) is 0 Å². The van der Waals surface area contributed by atoms with Gasteiger partial charge < -0.3 is 5.32 Å². The molecule has 0 saturated carbocycles. The molecule has 0 fully saturated rings. The summed E-state index contributed by atoms with van der Waals surface area (Å²) in [5.41, 5.74) is 0. The van der Waals surface area contributed by atoms with Crippen molar-refractivity contribution < 1.29 is 0 Å². The summed E-state index contributed by atoms with van der Waals surface area (Å²) < 4.78 is 0. The predicted molar refractivity (Wildman–Crippen MR) is 65.6 cm³/mol. The first-order valence-electron chi connectivity index (χ1n) is 6.38. The smallest absolute Gasteiger partial charge is 0.00668 e. The molecule has 0 aliphatic rings. The van der Waals surface area contributed by atoms with Crippen molar-refractivity contribution in [3.63, 3.8) is 0 Å². The molecule has 0 amide bonds. The monoisotopic (exact) mass is 199 g/mol. The summed E-state index contributed by atoms with van der Waals surface area (Å²) in [6, 6.07) is 0.685. The second-order valence-corrected chi connectivity index (χ2v) is 4.64. The van der Waals surface area contributed by atoms with Crippen LogP contribution in [0, 0.1) is 11.8 Å². The van der Waals surface area contributed by atoms with E-state index in [2.05, 4.69) is 39.9 Å². The van der Waals surface area contributed by atoms with Crippen molar-refractivity contribution in [2.75, 3.05) is 6.54 Å². The molecule has 3 atom stereocenters. The van der Waals surface area contributed by atoms with Crippen molar-refractivity contribution in [2.24, 2.45) is 11.8 Å². The predicted octanol–water partition coefficient (Wildman–Crippen LogP) is 3.84. The summed E-state index contributed by atoms with van der Waals surface area (Å²) in [6.07, 6.45) is 5.41. The highest BCUT2D eigenvalue weighted by atomic mass is 14.9. The fourth-order valence-corrected chi connectivity index (χ4v) is 2.34. The summed E-state index contributed by atoms with van der Waals surface area (Å²) in [5, 5.41) is 3.54. The van der Waals surface area contributed by atoms with Crippen LogP contribution in [0.3, 0.4) is 0 Å². The zero-order chi connectivity index (χ0) is 11.0. The van der Waals surface area contributed by atoms with Crippen molar-refractivity contribution in [3.8, 4) is 0 Å². The Kier molecular flexibility index (Phi) is 8.26. The maximum atomic E-state index is 3.54. The molecule has 0 heterocycles. The van der Waals surface area contributed by atoms with Gasteiger partial charge in [-0.1, -0.05) is 47.0 Å². The van der Waals surface area contributed by atoms with Crippen LogP contribution in [0.5, 0.6) is 0 Å². The third-order valence-electron chi connectivity index (χ3n) is 3.24. The highest BCUT2D eigenvalue weighted by Crippen LogP contribution is 2.22. The molecule has 0 aliphatic heterocycles. The molecule has 0 saturated heterocycles. The maximum absolute atomic E-state index is 3.54. The van der Waals surface area contributed by atoms with Crippen LogP contribution >= 0.6 is 0 Å². The molecule has 0 aliphatic carbocycles. The molecule has 0 spiro atoms. The normalized spacial score (nSPS) is 17.8. The van der Waals surface area contributed by atoms with Crippen molar-refractivity contribution in [1.29, 1.82) is 0 Å². The Morgan fingerprint density at radius 3 is 2.14 bits per heavy atom. The lowest BCUT2D eigenvalue weighted by Gasteiger charge is -2.26. The summed E-state index contributed by atoms with van der Waals surface area (Å²) >= 11 is 0. The SMILES string of the molecule is CCCC(C)CC(CC)C(C)NCC. The van der Waals surface area contributed by atoms with Crippen LogP contribution in [0.1, 0.15) is 60.3 Å². The van der Waals surface area contributed by atoms with Gasteiger partial charge in [0.15, 0.2) is 0 Å². The molecule has 0 aromatic rings. The molecule has 0 radical (unpaired) electrons. The molecular weight excluding hydrogens is 170 g/mol. The summed E-state index contributed by atoms with van der Waals surface area (Å²) in [5.74, 6) is 1.75. The van der Waals surface area contributed by atoms with Gasteiger partial charge in [-0.05, 0) is 31.7 Å². The lowest BCUT2D eigenvalue weighted by atomic mass is 9.86. The van der Waals surface area contributed by atoms with Gasteiger partial charge in [-0.25, -0.2) is 0 Å². The van der Waals surface area contributed by atoms with E-state index in [1.165, 1.54) is 25.7 Å². The van der Waals surface area contributed by atoms with Crippen molar-refractivity contribution in [3.05, 3.63) is 0 Å². The molecule has 0 bridgehead atoms. The first-order valence-corrected chi connectivity index (χ1v) is 6.38. The van der Waals surface area contributed by atoms with Gasteiger partial charge in [0.1, 0.15) is 0 Å². The van der Waals surface area contributed by atoms with Gasteiger partial charge in [0, 0.05) is 6.04 Å². The van der Waals surface area contributed by atoms with Crippen LogP contribution < -0.4 is 5.32 Å². The van der Waals surface area contributed by atoms with Crippen LogP contribution in [-0.4, -0.2) is 12.6 Å². The second kappa shape index (κ2) is 8.28. The quantitative estimate of drug-likeness (QED) is 0.626. The molecule has 1 nitrogen and oxygen atoms in total. The van der Waals surface area contributed by atoms with E-state index in [0.29, 0.717) is 6.04 Å². The van der Waals surface area contributed by atoms with E-state index >= 15 is 0 Å². The van der Waals surface area contributed by atoms with Crippen LogP contribution in [0.4, 0.5) is 0 Å². The first kappa shape index (κ1) is 14.0. The Bertz CT molecular complexity index is 122. The highest BCUT2D eigenvalue weighted by Gasteiger charge is 2.16. The molecule has 1 N–H and O–H groups in total. The minimum atomic E-state index is 0.685. The first-order chi connectivity index (χ1) is 6.65. The molecule has 3 unspecified atom stereocenters. The zero-order valence-electron chi connectivity index (χ0n) is 10.8. The number of rotatable bonds is 8. The summed E-state index contributed by atoms with van der Waals surface area (Å²) in [7, 11) is 0. The topological polar surface area (TPSA) is 12.0 Å². The molecule has 1 heteroatoms. The zero-order valence-corrected chi connectivity index (χ0v) is 10.8. The van der Waals surface area contributed by atoms with Crippen molar-refractivity contribution >= 4 is 0 Å². The molecule has 0 rings (SSSR count). The van der Waals surface area contributed by atoms with Gasteiger partial charge in [0.05, 0.1) is 0 Å². The molecule has 0 aromatic carbocycles. The maximum Gasteiger partial charge on any atom is 0.00668 e. The average Bonchev–Trinajstić information content (AvgIpc) is 2.15. The minimum absolute atomic E-state index is 0.685. The van der Waals surface area contributed by atoms with E-state index in [4.69, 9.17) is 0 Å². The largest absolute Gasteiger partial charge is 0.314 e.